The van der Waals surface area contributed by atoms with Crippen molar-refractivity contribution >= 4 is 11.3 Å². The number of nitrogens with zero attached hydrogens (tertiary/aromatic N) is 4. The average Bonchev–Trinajstić information content (AvgIpc) is 3.00. The largest absolute Gasteiger partial charge is 0.482 e. The summed E-state index contributed by atoms with van der Waals surface area (Å²) in [5, 5.41) is 24.5. The minimum Gasteiger partial charge on any atom is -0.482 e. The number of nitriles is 1. The van der Waals surface area contributed by atoms with Crippen LogP contribution in [0.2, 0.25) is 0 Å². The fraction of sp³-hybridized carbons (Fsp3) is 0.167. The Labute approximate surface area is 122 Å². The lowest BCUT2D eigenvalue weighted by molar-refractivity contribution is -0.153. The molecule has 1 aromatic heterocycles. The van der Waals surface area contributed by atoms with Gasteiger partial charge in [-0.05, 0) is 17.3 Å². The summed E-state index contributed by atoms with van der Waals surface area (Å²) in [4.78, 5) is 0. The van der Waals surface area contributed by atoms with E-state index in [1.165, 1.54) is 24.4 Å². The van der Waals surface area contributed by atoms with Gasteiger partial charge in [-0.15, -0.1) is 10.2 Å². The maximum atomic E-state index is 12.2. The summed E-state index contributed by atoms with van der Waals surface area (Å²) in [5.41, 5.74) is 0.322. The van der Waals surface area contributed by atoms with Crippen molar-refractivity contribution in [3.05, 3.63) is 36.3 Å². The van der Waals surface area contributed by atoms with E-state index in [1.54, 1.807) is 6.07 Å². The van der Waals surface area contributed by atoms with Gasteiger partial charge in [0.15, 0.2) is 6.61 Å². The number of nitrogens with one attached hydrogen (secondary N) is 2. The minimum atomic E-state index is -4.44. The number of allylic oxidation sites excluding steroid dienone is 1. The van der Waals surface area contributed by atoms with Crippen LogP contribution in [0, 0.1) is 11.3 Å². The Bertz CT molecular complexity index is 690. The van der Waals surface area contributed by atoms with Crippen LogP contribution in [0.3, 0.4) is 0 Å². The Morgan fingerprint density at radius 1 is 1.41 bits per heavy atom. The van der Waals surface area contributed by atoms with Gasteiger partial charge in [-0.3, -0.25) is 0 Å². The number of hydrogen-bond donors (Lipinski definition) is 2. The second kappa shape index (κ2) is 6.57. The summed E-state index contributed by atoms with van der Waals surface area (Å²) < 4.78 is 41.3. The fourth-order valence-corrected chi connectivity index (χ4v) is 1.44. The van der Waals surface area contributed by atoms with Crippen molar-refractivity contribution in [3.8, 4) is 11.8 Å². The minimum absolute atomic E-state index is 0.00137. The topological polar surface area (TPSA) is 99.5 Å². The molecule has 0 unspecified atom stereocenters. The van der Waals surface area contributed by atoms with Gasteiger partial charge in [0.25, 0.3) is 0 Å². The first-order valence-corrected chi connectivity index (χ1v) is 5.89. The summed E-state index contributed by atoms with van der Waals surface area (Å²) in [7, 11) is 0. The van der Waals surface area contributed by atoms with Gasteiger partial charge in [-0.1, -0.05) is 12.1 Å². The maximum absolute atomic E-state index is 12.2. The van der Waals surface area contributed by atoms with Gasteiger partial charge in [0.05, 0.1) is 5.69 Å². The first-order chi connectivity index (χ1) is 10.5. The highest BCUT2D eigenvalue weighted by Gasteiger charge is 2.28. The molecule has 10 heteroatoms. The molecule has 0 radical (unpaired) electrons. The van der Waals surface area contributed by atoms with Crippen LogP contribution in [0.4, 0.5) is 18.9 Å². The highest BCUT2D eigenvalue weighted by atomic mass is 19.4. The first kappa shape index (κ1) is 15.3. The third-order valence-corrected chi connectivity index (χ3v) is 2.36. The molecule has 0 atom stereocenters. The zero-order chi connectivity index (χ0) is 16.0. The van der Waals surface area contributed by atoms with E-state index in [1.807, 2.05) is 6.07 Å². The lowest BCUT2D eigenvalue weighted by Gasteiger charge is -2.12. The summed E-state index contributed by atoms with van der Waals surface area (Å²) in [6.45, 7) is -1.41. The Balaban J connectivity index is 2.14. The molecule has 1 heterocycles. The van der Waals surface area contributed by atoms with E-state index in [2.05, 4.69) is 25.9 Å². The Morgan fingerprint density at radius 3 is 2.82 bits per heavy atom. The van der Waals surface area contributed by atoms with Crippen LogP contribution in [0.15, 0.2) is 30.5 Å². The van der Waals surface area contributed by atoms with Crippen LogP contribution in [0.25, 0.3) is 5.57 Å². The molecular weight excluding hydrogens is 301 g/mol. The van der Waals surface area contributed by atoms with Crippen molar-refractivity contribution in [2.24, 2.45) is 0 Å². The zero-order valence-electron chi connectivity index (χ0n) is 10.9. The molecule has 7 nitrogen and oxygen atoms in total. The van der Waals surface area contributed by atoms with Crippen molar-refractivity contribution in [1.82, 2.24) is 20.6 Å². The number of tetrazole rings is 1. The van der Waals surface area contributed by atoms with Gasteiger partial charge >= 0.3 is 6.18 Å². The second-order valence-electron chi connectivity index (χ2n) is 3.95. The number of para-hydroxylation sites is 2. The molecule has 0 aliphatic heterocycles. The molecule has 0 aliphatic carbocycles. The normalized spacial score (nSPS) is 11.8. The van der Waals surface area contributed by atoms with E-state index in [9.17, 15) is 13.2 Å². The summed E-state index contributed by atoms with van der Waals surface area (Å²) >= 11 is 0. The van der Waals surface area contributed by atoms with Crippen LogP contribution in [-0.4, -0.2) is 33.4 Å². The molecule has 0 bridgehead atoms. The Hall–Kier alpha value is -3.09. The number of benzene rings is 1. The standard InChI is InChI=1S/C12H9F3N6O/c13-12(14,15)7-22-10-4-2-1-3-9(10)17-6-8(5-16)11-18-20-21-19-11/h1-4,6,17H,7H2,(H,18,19,20,21). The molecule has 1 aromatic carbocycles. The smallest absolute Gasteiger partial charge is 0.422 e. The van der Waals surface area contributed by atoms with E-state index >= 15 is 0 Å². The summed E-state index contributed by atoms with van der Waals surface area (Å²) in [5.74, 6) is 0.0603. The number of aromatic nitrogens is 4. The third kappa shape index (κ3) is 4.20. The predicted molar refractivity (Wildman–Crippen MR) is 69.4 cm³/mol. The van der Waals surface area contributed by atoms with Gasteiger partial charge in [-0.2, -0.15) is 23.6 Å². The van der Waals surface area contributed by atoms with Crippen LogP contribution < -0.4 is 10.1 Å². The monoisotopic (exact) mass is 310 g/mol. The van der Waals surface area contributed by atoms with Crippen molar-refractivity contribution in [2.75, 3.05) is 11.9 Å². The number of alkyl halides is 3. The predicted octanol–water partition coefficient (Wildman–Crippen LogP) is 2.12. The molecular formula is C12H9F3N6O. The molecule has 0 saturated carbocycles. The zero-order valence-corrected chi connectivity index (χ0v) is 10.9. The molecule has 2 rings (SSSR count). The van der Waals surface area contributed by atoms with Crippen LogP contribution in [0.1, 0.15) is 5.82 Å². The highest BCUT2D eigenvalue weighted by molar-refractivity contribution is 5.74. The van der Waals surface area contributed by atoms with E-state index in [-0.39, 0.29) is 22.8 Å². The van der Waals surface area contributed by atoms with Gasteiger partial charge in [0, 0.05) is 6.20 Å². The molecule has 2 aromatic rings. The van der Waals surface area contributed by atoms with Crippen molar-refractivity contribution < 1.29 is 17.9 Å². The maximum Gasteiger partial charge on any atom is 0.422 e. The number of rotatable bonds is 5. The number of halogens is 3. The number of H-pyrrole nitrogens is 1. The SMILES string of the molecule is N#CC(=CNc1ccccc1OCC(F)(F)F)c1nn[nH]n1. The summed E-state index contributed by atoms with van der Waals surface area (Å²) in [6, 6.07) is 7.87. The molecule has 22 heavy (non-hydrogen) atoms. The van der Waals surface area contributed by atoms with E-state index < -0.39 is 12.8 Å². The number of aromatic amines is 1. The van der Waals surface area contributed by atoms with Gasteiger partial charge in [0.1, 0.15) is 17.4 Å². The summed E-state index contributed by atoms with van der Waals surface area (Å²) in [6.07, 6.45) is -3.19. The van der Waals surface area contributed by atoms with Crippen molar-refractivity contribution in [3.63, 3.8) is 0 Å². The molecule has 2 N–H and O–H groups in total. The lowest BCUT2D eigenvalue weighted by Crippen LogP contribution is -2.19. The molecule has 0 spiro atoms. The van der Waals surface area contributed by atoms with Crippen LogP contribution in [0.5, 0.6) is 5.75 Å². The van der Waals surface area contributed by atoms with Crippen molar-refractivity contribution in [2.45, 2.75) is 6.18 Å². The second-order valence-corrected chi connectivity index (χ2v) is 3.95. The van der Waals surface area contributed by atoms with Crippen LogP contribution in [-0.2, 0) is 0 Å². The number of anilines is 1. The molecule has 0 amide bonds. The van der Waals surface area contributed by atoms with E-state index in [0.717, 1.165) is 0 Å². The molecule has 0 fully saturated rings. The van der Waals surface area contributed by atoms with Crippen molar-refractivity contribution in [1.29, 1.82) is 5.26 Å². The first-order valence-electron chi connectivity index (χ1n) is 5.89. The molecule has 0 aliphatic rings. The Kier molecular flexibility index (Phi) is 4.57. The number of ether oxygens (including phenoxy) is 1. The van der Waals surface area contributed by atoms with Gasteiger partial charge in [0.2, 0.25) is 5.82 Å². The van der Waals surface area contributed by atoms with Crippen LogP contribution >= 0.6 is 0 Å². The number of hydrogen-bond acceptors (Lipinski definition) is 6. The van der Waals surface area contributed by atoms with Gasteiger partial charge < -0.3 is 10.1 Å². The van der Waals surface area contributed by atoms with E-state index in [4.69, 9.17) is 10.00 Å². The molecule has 0 saturated heterocycles. The fourth-order valence-electron chi connectivity index (χ4n) is 1.44. The lowest BCUT2D eigenvalue weighted by atomic mass is 10.2. The third-order valence-electron chi connectivity index (χ3n) is 2.36. The molecule has 114 valence electrons. The quantitative estimate of drug-likeness (QED) is 0.821. The van der Waals surface area contributed by atoms with Gasteiger partial charge in [-0.25, -0.2) is 0 Å². The highest BCUT2D eigenvalue weighted by Crippen LogP contribution is 2.26. The van der Waals surface area contributed by atoms with E-state index in [0.29, 0.717) is 0 Å². The Morgan fingerprint density at radius 2 is 2.18 bits per heavy atom. The average molecular weight is 310 g/mol.